The van der Waals surface area contributed by atoms with E-state index in [2.05, 4.69) is 24.2 Å². The molecule has 0 aromatic heterocycles. The maximum absolute atomic E-state index is 3.80. The first kappa shape index (κ1) is 11.4. The molecule has 2 rings (SSSR count). The van der Waals surface area contributed by atoms with Crippen LogP contribution in [0.4, 0.5) is 0 Å². The monoisotopic (exact) mass is 210 g/mol. The summed E-state index contributed by atoms with van der Waals surface area (Å²) >= 11 is 0. The van der Waals surface area contributed by atoms with Gasteiger partial charge in [0.25, 0.3) is 0 Å². The Morgan fingerprint density at radius 2 is 2.20 bits per heavy atom. The van der Waals surface area contributed by atoms with Crippen molar-refractivity contribution in [3.8, 4) is 0 Å². The highest BCUT2D eigenvalue weighted by Crippen LogP contribution is 2.31. The highest BCUT2D eigenvalue weighted by atomic mass is 15.2. The fourth-order valence-corrected chi connectivity index (χ4v) is 3.34. The van der Waals surface area contributed by atoms with E-state index < -0.39 is 0 Å². The van der Waals surface area contributed by atoms with Gasteiger partial charge in [0.15, 0.2) is 0 Å². The van der Waals surface area contributed by atoms with Gasteiger partial charge < -0.3 is 10.2 Å². The highest BCUT2D eigenvalue weighted by molar-refractivity contribution is 4.94. The van der Waals surface area contributed by atoms with Crippen LogP contribution in [0.2, 0.25) is 0 Å². The smallest absolute Gasteiger partial charge is 0.0193 e. The highest BCUT2D eigenvalue weighted by Gasteiger charge is 2.34. The molecule has 2 heteroatoms. The molecule has 0 aromatic rings. The molecule has 2 unspecified atom stereocenters. The van der Waals surface area contributed by atoms with Crippen molar-refractivity contribution in [2.24, 2.45) is 0 Å². The summed E-state index contributed by atoms with van der Waals surface area (Å²) in [7, 11) is 2.30. The Balaban J connectivity index is 1.94. The van der Waals surface area contributed by atoms with Crippen LogP contribution in [0.15, 0.2) is 0 Å². The number of hydrogen-bond donors (Lipinski definition) is 1. The molecule has 88 valence electrons. The number of piperidine rings is 1. The molecular formula is C13H26N2. The van der Waals surface area contributed by atoms with Crippen molar-refractivity contribution in [1.29, 1.82) is 0 Å². The summed E-state index contributed by atoms with van der Waals surface area (Å²) in [4.78, 5) is 2.56. The molecule has 0 bridgehead atoms. The average molecular weight is 210 g/mol. The lowest BCUT2D eigenvalue weighted by Crippen LogP contribution is -2.51. The fourth-order valence-electron chi connectivity index (χ4n) is 3.34. The van der Waals surface area contributed by atoms with Crippen LogP contribution in [0.3, 0.4) is 0 Å². The Morgan fingerprint density at radius 3 is 2.73 bits per heavy atom. The lowest BCUT2D eigenvalue weighted by Gasteiger charge is -2.41. The lowest BCUT2D eigenvalue weighted by molar-refractivity contribution is 0.169. The normalized spacial score (nSPS) is 38.4. The van der Waals surface area contributed by atoms with Gasteiger partial charge in [0.1, 0.15) is 0 Å². The molecule has 0 spiro atoms. The van der Waals surface area contributed by atoms with Gasteiger partial charge >= 0.3 is 0 Å². The van der Waals surface area contributed by atoms with E-state index in [1.54, 1.807) is 0 Å². The summed E-state index contributed by atoms with van der Waals surface area (Å²) in [5, 5.41) is 3.80. The van der Waals surface area contributed by atoms with E-state index in [1.165, 1.54) is 58.0 Å². The molecule has 2 fully saturated rings. The predicted molar refractivity (Wildman–Crippen MR) is 65.1 cm³/mol. The molecule has 0 aliphatic carbocycles. The van der Waals surface area contributed by atoms with Crippen LogP contribution >= 0.6 is 0 Å². The maximum Gasteiger partial charge on any atom is 0.0193 e. The Labute approximate surface area is 94.4 Å². The first-order valence-corrected chi connectivity index (χ1v) is 6.71. The van der Waals surface area contributed by atoms with Crippen molar-refractivity contribution < 1.29 is 0 Å². The minimum atomic E-state index is 0.474. The van der Waals surface area contributed by atoms with Gasteiger partial charge in [0.2, 0.25) is 0 Å². The molecule has 2 nitrogen and oxygen atoms in total. The summed E-state index contributed by atoms with van der Waals surface area (Å²) in [6, 6.07) is 0.843. The standard InChI is InChI=1S/C13H26N2/c1-3-13(8-4-5-9-14-13)11-12-7-6-10-15(12)2/h12,14H,3-11H2,1-2H3. The number of nitrogens with zero attached hydrogens (tertiary/aromatic N) is 1. The van der Waals surface area contributed by atoms with Crippen LogP contribution in [-0.2, 0) is 0 Å². The van der Waals surface area contributed by atoms with Gasteiger partial charge in [0, 0.05) is 11.6 Å². The zero-order valence-electron chi connectivity index (χ0n) is 10.4. The minimum absolute atomic E-state index is 0.474. The van der Waals surface area contributed by atoms with Crippen molar-refractivity contribution in [1.82, 2.24) is 10.2 Å². The third-order valence-corrected chi connectivity index (χ3v) is 4.56. The van der Waals surface area contributed by atoms with Gasteiger partial charge in [-0.05, 0) is 58.7 Å². The Kier molecular flexibility index (Phi) is 3.68. The second-order valence-electron chi connectivity index (χ2n) is 5.50. The first-order valence-electron chi connectivity index (χ1n) is 6.71. The number of rotatable bonds is 3. The molecule has 2 heterocycles. The zero-order valence-corrected chi connectivity index (χ0v) is 10.4. The van der Waals surface area contributed by atoms with E-state index in [4.69, 9.17) is 0 Å². The van der Waals surface area contributed by atoms with Crippen molar-refractivity contribution in [3.63, 3.8) is 0 Å². The molecule has 0 amide bonds. The first-order chi connectivity index (χ1) is 7.26. The topological polar surface area (TPSA) is 15.3 Å². The van der Waals surface area contributed by atoms with Gasteiger partial charge in [-0.15, -0.1) is 0 Å². The molecule has 0 saturated carbocycles. The maximum atomic E-state index is 3.80. The second kappa shape index (κ2) is 4.84. The van der Waals surface area contributed by atoms with Gasteiger partial charge in [-0.1, -0.05) is 13.3 Å². The number of nitrogens with one attached hydrogen (secondary N) is 1. The number of likely N-dealkylation sites (tertiary alicyclic amines) is 1. The molecular weight excluding hydrogens is 184 g/mol. The Morgan fingerprint density at radius 1 is 1.33 bits per heavy atom. The Hall–Kier alpha value is -0.0800. The predicted octanol–water partition coefficient (Wildman–Crippen LogP) is 2.39. The van der Waals surface area contributed by atoms with Crippen molar-refractivity contribution in [2.45, 2.75) is 63.5 Å². The van der Waals surface area contributed by atoms with Gasteiger partial charge in [0.05, 0.1) is 0 Å². The summed E-state index contributed by atoms with van der Waals surface area (Å²) in [5.41, 5.74) is 0.474. The largest absolute Gasteiger partial charge is 0.311 e. The molecule has 2 saturated heterocycles. The van der Waals surface area contributed by atoms with Crippen LogP contribution in [-0.4, -0.2) is 36.6 Å². The lowest BCUT2D eigenvalue weighted by atomic mass is 9.80. The zero-order chi connectivity index (χ0) is 10.7. The summed E-state index contributed by atoms with van der Waals surface area (Å²) in [6.07, 6.45) is 9.70. The van der Waals surface area contributed by atoms with E-state index in [0.29, 0.717) is 5.54 Å². The van der Waals surface area contributed by atoms with Crippen LogP contribution in [0, 0.1) is 0 Å². The molecule has 0 aromatic carbocycles. The fraction of sp³-hybridized carbons (Fsp3) is 1.00. The molecule has 15 heavy (non-hydrogen) atoms. The van der Waals surface area contributed by atoms with E-state index >= 15 is 0 Å². The van der Waals surface area contributed by atoms with Crippen molar-refractivity contribution in [3.05, 3.63) is 0 Å². The third-order valence-electron chi connectivity index (χ3n) is 4.56. The van der Waals surface area contributed by atoms with Gasteiger partial charge in [-0.2, -0.15) is 0 Å². The van der Waals surface area contributed by atoms with Crippen LogP contribution in [0.25, 0.3) is 0 Å². The summed E-state index contributed by atoms with van der Waals surface area (Å²) in [5.74, 6) is 0. The van der Waals surface area contributed by atoms with E-state index in [-0.39, 0.29) is 0 Å². The Bertz CT molecular complexity index is 197. The summed E-state index contributed by atoms with van der Waals surface area (Å²) < 4.78 is 0. The van der Waals surface area contributed by atoms with Crippen molar-refractivity contribution >= 4 is 0 Å². The van der Waals surface area contributed by atoms with E-state index in [9.17, 15) is 0 Å². The molecule has 2 atom stereocenters. The molecule has 2 aliphatic rings. The van der Waals surface area contributed by atoms with Crippen LogP contribution < -0.4 is 5.32 Å². The van der Waals surface area contributed by atoms with Crippen LogP contribution in [0.1, 0.15) is 51.9 Å². The SMILES string of the molecule is CCC1(CC2CCCN2C)CCCCN1. The molecule has 2 aliphatic heterocycles. The quantitative estimate of drug-likeness (QED) is 0.769. The van der Waals surface area contributed by atoms with Crippen molar-refractivity contribution in [2.75, 3.05) is 20.1 Å². The van der Waals surface area contributed by atoms with E-state index in [1.807, 2.05) is 0 Å². The van der Waals surface area contributed by atoms with Crippen LogP contribution in [0.5, 0.6) is 0 Å². The minimum Gasteiger partial charge on any atom is -0.311 e. The number of hydrogen-bond acceptors (Lipinski definition) is 2. The van der Waals surface area contributed by atoms with E-state index in [0.717, 1.165) is 6.04 Å². The van der Waals surface area contributed by atoms with Gasteiger partial charge in [-0.3, -0.25) is 0 Å². The average Bonchev–Trinajstić information content (AvgIpc) is 2.66. The second-order valence-corrected chi connectivity index (χ2v) is 5.50. The third kappa shape index (κ3) is 2.54. The molecule has 1 N–H and O–H groups in total. The molecule has 0 radical (unpaired) electrons. The summed E-state index contributed by atoms with van der Waals surface area (Å²) in [6.45, 7) is 4.90. The van der Waals surface area contributed by atoms with Gasteiger partial charge in [-0.25, -0.2) is 0 Å².